The lowest BCUT2D eigenvalue weighted by atomic mass is 10.1. The van der Waals surface area contributed by atoms with E-state index in [0.29, 0.717) is 5.75 Å². The van der Waals surface area contributed by atoms with Gasteiger partial charge in [-0.05, 0) is 57.0 Å². The fraction of sp³-hybridized carbons (Fsp3) is 0.533. The number of carbonyl (C=O) groups is 1. The molecule has 0 spiro atoms. The lowest BCUT2D eigenvalue weighted by Crippen LogP contribution is -2.37. The molecule has 0 bridgehead atoms. The van der Waals surface area contributed by atoms with Gasteiger partial charge in [0.2, 0.25) is 8.32 Å². The molecule has 118 valence electrons. The van der Waals surface area contributed by atoms with Crippen LogP contribution in [-0.2, 0) is 13.6 Å². The van der Waals surface area contributed by atoms with Gasteiger partial charge in [-0.2, -0.15) is 0 Å². The minimum Gasteiger partial charge on any atom is -0.518 e. The summed E-state index contributed by atoms with van der Waals surface area (Å²) in [6, 6.07) is 7.41. The smallest absolute Gasteiger partial charge is 0.325 e. The molecule has 1 aromatic rings. The second-order valence-corrected chi connectivity index (χ2v) is 15.8. The van der Waals surface area contributed by atoms with E-state index in [9.17, 15) is 4.79 Å². The highest BCUT2D eigenvalue weighted by Crippen LogP contribution is 2.27. The Hall–Kier alpha value is -1.12. The van der Waals surface area contributed by atoms with Crippen LogP contribution in [0.2, 0.25) is 39.3 Å². The Balaban J connectivity index is 3.09. The molecule has 0 N–H and O–H groups in total. The van der Waals surface area contributed by atoms with E-state index < -0.39 is 22.7 Å². The first-order valence-electron chi connectivity index (χ1n) is 7.06. The number of carbonyl (C=O) groups excluding carboxylic acids is 1. The Morgan fingerprint density at radius 2 is 1.67 bits per heavy atom. The number of ether oxygens (including phenoxy) is 1. The van der Waals surface area contributed by atoms with Crippen LogP contribution in [-0.4, -0.2) is 29.7 Å². The number of methoxy groups -OCH3 is 1. The first-order valence-corrected chi connectivity index (χ1v) is 13.9. The largest absolute Gasteiger partial charge is 0.518 e. The Kier molecular flexibility index (Phi) is 5.78. The minimum absolute atomic E-state index is 0.301. The maximum atomic E-state index is 12.5. The number of benzene rings is 1. The van der Waals surface area contributed by atoms with Gasteiger partial charge in [0.05, 0.1) is 7.11 Å². The van der Waals surface area contributed by atoms with Crippen LogP contribution in [0, 0.1) is 0 Å². The van der Waals surface area contributed by atoms with Crippen LogP contribution in [0.1, 0.15) is 11.7 Å². The lowest BCUT2D eigenvalue weighted by molar-refractivity contribution is -0.143. The fourth-order valence-electron chi connectivity index (χ4n) is 1.77. The van der Waals surface area contributed by atoms with E-state index in [1.165, 1.54) is 0 Å². The predicted molar refractivity (Wildman–Crippen MR) is 89.6 cm³/mol. The maximum absolute atomic E-state index is 12.5. The molecule has 0 aliphatic carbocycles. The summed E-state index contributed by atoms with van der Waals surface area (Å²) in [6.45, 7) is 12.1. The Bertz CT molecular complexity index is 489. The number of hydrogen-bond acceptors (Lipinski definition) is 4. The van der Waals surface area contributed by atoms with Crippen molar-refractivity contribution in [3.05, 3.63) is 29.8 Å². The first-order chi connectivity index (χ1) is 9.52. The molecule has 1 aromatic carbocycles. The number of rotatable bonds is 6. The van der Waals surface area contributed by atoms with Gasteiger partial charge >= 0.3 is 5.97 Å². The van der Waals surface area contributed by atoms with Crippen LogP contribution in [0.4, 0.5) is 0 Å². The van der Waals surface area contributed by atoms with Crippen molar-refractivity contribution in [1.29, 1.82) is 0 Å². The SMILES string of the molecule is COc1cccc(C(O[Si](C)(C)C)C(=O)O[Si](C)(C)C)c1. The monoisotopic (exact) mass is 326 g/mol. The van der Waals surface area contributed by atoms with Crippen molar-refractivity contribution in [2.75, 3.05) is 7.11 Å². The van der Waals surface area contributed by atoms with Gasteiger partial charge in [-0.15, -0.1) is 0 Å². The van der Waals surface area contributed by atoms with Gasteiger partial charge in [-0.3, -0.25) is 4.79 Å². The molecule has 0 amide bonds. The minimum atomic E-state index is -1.96. The molecule has 0 aliphatic heterocycles. The van der Waals surface area contributed by atoms with E-state index >= 15 is 0 Å². The molecule has 6 heteroatoms. The molecule has 4 nitrogen and oxygen atoms in total. The van der Waals surface area contributed by atoms with Crippen molar-refractivity contribution in [2.24, 2.45) is 0 Å². The summed E-state index contributed by atoms with van der Waals surface area (Å²) in [7, 11) is -2.25. The molecule has 21 heavy (non-hydrogen) atoms. The molecular formula is C15H26O4Si2. The van der Waals surface area contributed by atoms with Gasteiger partial charge in [0, 0.05) is 0 Å². The van der Waals surface area contributed by atoms with Crippen molar-refractivity contribution in [3.63, 3.8) is 0 Å². The van der Waals surface area contributed by atoms with Crippen molar-refractivity contribution in [2.45, 2.75) is 45.4 Å². The second kappa shape index (κ2) is 6.76. The zero-order chi connectivity index (χ0) is 16.3. The fourth-order valence-corrected chi connectivity index (χ4v) is 3.42. The quantitative estimate of drug-likeness (QED) is 0.742. The first kappa shape index (κ1) is 17.9. The molecule has 0 aromatic heterocycles. The summed E-state index contributed by atoms with van der Waals surface area (Å²) < 4.78 is 16.9. The highest BCUT2D eigenvalue weighted by Gasteiger charge is 2.32. The van der Waals surface area contributed by atoms with E-state index in [4.69, 9.17) is 13.6 Å². The van der Waals surface area contributed by atoms with Crippen LogP contribution in [0.3, 0.4) is 0 Å². The molecule has 0 heterocycles. The van der Waals surface area contributed by atoms with Crippen LogP contribution in [0.5, 0.6) is 5.75 Å². The zero-order valence-corrected chi connectivity index (χ0v) is 16.0. The summed E-state index contributed by atoms with van der Waals surface area (Å²) in [4.78, 5) is 12.5. The molecule has 1 atom stereocenters. The van der Waals surface area contributed by atoms with Crippen molar-refractivity contribution < 1.29 is 18.4 Å². The van der Waals surface area contributed by atoms with Gasteiger partial charge < -0.3 is 13.6 Å². The summed E-state index contributed by atoms with van der Waals surface area (Å²) in [5, 5.41) is 0. The predicted octanol–water partition coefficient (Wildman–Crippen LogP) is 3.97. The van der Waals surface area contributed by atoms with Gasteiger partial charge in [0.15, 0.2) is 14.4 Å². The third kappa shape index (κ3) is 6.45. The van der Waals surface area contributed by atoms with Gasteiger partial charge in [-0.25, -0.2) is 0 Å². The third-order valence-corrected chi connectivity index (χ3v) is 4.25. The normalized spacial score (nSPS) is 13.7. The van der Waals surface area contributed by atoms with Crippen molar-refractivity contribution in [1.82, 2.24) is 0 Å². The van der Waals surface area contributed by atoms with Crippen LogP contribution in [0.15, 0.2) is 24.3 Å². The average Bonchev–Trinajstić information content (AvgIpc) is 2.33. The molecule has 0 saturated heterocycles. The van der Waals surface area contributed by atoms with Crippen molar-refractivity contribution >= 4 is 22.6 Å². The van der Waals surface area contributed by atoms with E-state index in [0.717, 1.165) is 5.56 Å². The number of hydrogen-bond donors (Lipinski definition) is 0. The molecule has 0 radical (unpaired) electrons. The Morgan fingerprint density at radius 1 is 1.05 bits per heavy atom. The summed E-state index contributed by atoms with van der Waals surface area (Å²) in [5.41, 5.74) is 0.778. The second-order valence-electron chi connectivity index (χ2n) is 6.92. The zero-order valence-electron chi connectivity index (χ0n) is 14.0. The topological polar surface area (TPSA) is 44.8 Å². The summed E-state index contributed by atoms with van der Waals surface area (Å²) >= 11 is 0. The molecule has 0 aliphatic rings. The summed E-state index contributed by atoms with van der Waals surface area (Å²) in [5.74, 6) is 0.405. The molecule has 0 fully saturated rings. The van der Waals surface area contributed by atoms with Crippen LogP contribution < -0.4 is 4.74 Å². The van der Waals surface area contributed by atoms with Gasteiger partial charge in [0.25, 0.3) is 0 Å². The highest BCUT2D eigenvalue weighted by atomic mass is 28.4. The Labute approximate surface area is 129 Å². The molecule has 1 rings (SSSR count). The van der Waals surface area contributed by atoms with E-state index in [1.54, 1.807) is 7.11 Å². The molecule has 0 saturated carbocycles. The third-order valence-electron chi connectivity index (χ3n) is 2.49. The highest BCUT2D eigenvalue weighted by molar-refractivity contribution is 6.71. The van der Waals surface area contributed by atoms with Gasteiger partial charge in [0.1, 0.15) is 5.75 Å². The maximum Gasteiger partial charge on any atom is 0.325 e. The molecular weight excluding hydrogens is 300 g/mol. The summed E-state index contributed by atoms with van der Waals surface area (Å²) in [6.07, 6.45) is -0.682. The van der Waals surface area contributed by atoms with Gasteiger partial charge in [-0.1, -0.05) is 12.1 Å². The standard InChI is InChI=1S/C15H26O4Si2/c1-17-13-10-8-9-12(11-13)14(18-20(2,3)4)15(16)19-21(5,6)7/h8-11,14H,1-7H3. The van der Waals surface area contributed by atoms with E-state index in [1.807, 2.05) is 43.9 Å². The van der Waals surface area contributed by atoms with Crippen molar-refractivity contribution in [3.8, 4) is 5.75 Å². The average molecular weight is 327 g/mol. The molecule has 1 unspecified atom stereocenters. The van der Waals surface area contributed by atoms with Crippen LogP contribution >= 0.6 is 0 Å². The van der Waals surface area contributed by atoms with E-state index in [2.05, 4.69) is 19.6 Å². The lowest BCUT2D eigenvalue weighted by Gasteiger charge is -2.28. The van der Waals surface area contributed by atoms with Crippen LogP contribution in [0.25, 0.3) is 0 Å². The van der Waals surface area contributed by atoms with E-state index in [-0.39, 0.29) is 5.97 Å². The Morgan fingerprint density at radius 3 is 2.14 bits per heavy atom.